The summed E-state index contributed by atoms with van der Waals surface area (Å²) in [6.45, 7) is 3.10. The molecule has 0 fully saturated rings. The van der Waals surface area contributed by atoms with E-state index in [4.69, 9.17) is 14.4 Å². The summed E-state index contributed by atoms with van der Waals surface area (Å²) >= 11 is 0. The van der Waals surface area contributed by atoms with Crippen molar-refractivity contribution in [1.29, 1.82) is 0 Å². The molecule has 0 aliphatic heterocycles. The van der Waals surface area contributed by atoms with Crippen molar-refractivity contribution >= 4 is 5.97 Å². The van der Waals surface area contributed by atoms with Gasteiger partial charge in [-0.25, -0.2) is 4.79 Å². The molecule has 0 radical (unpaired) electrons. The molecule has 1 aromatic heterocycles. The molecule has 9 heteroatoms. The fourth-order valence-corrected chi connectivity index (χ4v) is 1.91. The first-order chi connectivity index (χ1) is 11.6. The lowest BCUT2D eigenvalue weighted by Gasteiger charge is -2.19. The number of aliphatic hydroxyl groups excluding tert-OH is 1. The van der Waals surface area contributed by atoms with E-state index in [1.54, 1.807) is 0 Å². The third-order valence-electron chi connectivity index (χ3n) is 3.02. The van der Waals surface area contributed by atoms with Crippen LogP contribution in [-0.2, 0) is 11.3 Å². The van der Waals surface area contributed by atoms with Crippen LogP contribution in [0.4, 0.5) is 13.2 Å². The van der Waals surface area contributed by atoms with E-state index in [-0.39, 0.29) is 0 Å². The first kappa shape index (κ1) is 20.7. The minimum Gasteiger partial charge on any atom is -0.475 e. The number of carboxylic acid groups (broad SMARTS) is 1. The van der Waals surface area contributed by atoms with Crippen molar-refractivity contribution in [3.63, 3.8) is 0 Å². The Morgan fingerprint density at radius 2 is 1.88 bits per heavy atom. The second-order valence-electron chi connectivity index (χ2n) is 5.36. The van der Waals surface area contributed by atoms with Gasteiger partial charge in [0.1, 0.15) is 5.76 Å². The number of aliphatic hydroxyl groups is 1. The minimum absolute atomic E-state index is 0.482. The van der Waals surface area contributed by atoms with Gasteiger partial charge in [0, 0.05) is 19.2 Å². The predicted octanol–water partition coefficient (Wildman–Crippen LogP) is 2.78. The van der Waals surface area contributed by atoms with E-state index in [2.05, 4.69) is 5.16 Å². The summed E-state index contributed by atoms with van der Waals surface area (Å²) in [5.74, 6) is -1.95. The Morgan fingerprint density at radius 3 is 2.32 bits per heavy atom. The standard InChI is InChI=1S/C14H18N2O2.C2HF3O2/c1-11-8-13(15-18-11)9-16(2)10-14(17)12-6-4-3-5-7-12;3-2(4,5)1(6)7/h3-8,14,17H,9-10H2,1-2H3;(H,6,7). The molecule has 25 heavy (non-hydrogen) atoms. The number of carboxylic acids is 1. The molecule has 1 unspecified atom stereocenters. The monoisotopic (exact) mass is 360 g/mol. The van der Waals surface area contributed by atoms with Gasteiger partial charge in [-0.3, -0.25) is 4.90 Å². The molecular weight excluding hydrogens is 341 g/mol. The van der Waals surface area contributed by atoms with Crippen LogP contribution >= 0.6 is 0 Å². The molecular formula is C16H19F3N2O4. The van der Waals surface area contributed by atoms with E-state index in [1.165, 1.54) is 0 Å². The molecule has 0 saturated carbocycles. The van der Waals surface area contributed by atoms with Crippen LogP contribution in [0.3, 0.4) is 0 Å². The smallest absolute Gasteiger partial charge is 0.475 e. The number of aromatic nitrogens is 1. The van der Waals surface area contributed by atoms with E-state index in [1.807, 2.05) is 55.3 Å². The second kappa shape index (κ2) is 9.19. The van der Waals surface area contributed by atoms with E-state index >= 15 is 0 Å². The van der Waals surface area contributed by atoms with Crippen molar-refractivity contribution in [2.24, 2.45) is 0 Å². The molecule has 2 rings (SSSR count). The number of hydrogen-bond donors (Lipinski definition) is 2. The fraction of sp³-hybridized carbons (Fsp3) is 0.375. The Labute approximate surface area is 142 Å². The molecule has 0 spiro atoms. The van der Waals surface area contributed by atoms with Crippen molar-refractivity contribution in [1.82, 2.24) is 10.1 Å². The molecule has 0 bridgehead atoms. The largest absolute Gasteiger partial charge is 0.490 e. The van der Waals surface area contributed by atoms with Gasteiger partial charge in [0.05, 0.1) is 11.8 Å². The molecule has 0 aliphatic rings. The molecule has 0 saturated heterocycles. The molecule has 138 valence electrons. The summed E-state index contributed by atoms with van der Waals surface area (Å²) in [4.78, 5) is 10.9. The van der Waals surface area contributed by atoms with Crippen LogP contribution in [-0.4, -0.2) is 46.0 Å². The van der Waals surface area contributed by atoms with Crippen LogP contribution in [0.25, 0.3) is 0 Å². The quantitative estimate of drug-likeness (QED) is 0.853. The Bertz CT molecular complexity index is 659. The number of rotatable bonds is 5. The molecule has 0 aliphatic carbocycles. The summed E-state index contributed by atoms with van der Waals surface area (Å²) < 4.78 is 36.8. The average Bonchev–Trinajstić information content (AvgIpc) is 2.92. The summed E-state index contributed by atoms with van der Waals surface area (Å²) in [6, 6.07) is 11.6. The average molecular weight is 360 g/mol. The summed E-state index contributed by atoms with van der Waals surface area (Å²) in [5.41, 5.74) is 1.82. The van der Waals surface area contributed by atoms with Gasteiger partial charge in [0.15, 0.2) is 0 Å². The highest BCUT2D eigenvalue weighted by Gasteiger charge is 2.38. The fourth-order valence-electron chi connectivity index (χ4n) is 1.91. The number of likely N-dealkylation sites (N-methyl/N-ethyl adjacent to an activating group) is 1. The maximum Gasteiger partial charge on any atom is 0.490 e. The maximum atomic E-state index is 10.6. The van der Waals surface area contributed by atoms with Crippen LogP contribution in [0.1, 0.15) is 23.1 Å². The van der Waals surface area contributed by atoms with Gasteiger partial charge in [-0.2, -0.15) is 13.2 Å². The normalized spacial score (nSPS) is 12.4. The topological polar surface area (TPSA) is 86.8 Å². The number of aryl methyl sites for hydroxylation is 1. The number of aliphatic carboxylic acids is 1. The first-order valence-electron chi connectivity index (χ1n) is 7.23. The number of alkyl halides is 3. The van der Waals surface area contributed by atoms with Crippen molar-refractivity contribution in [3.05, 3.63) is 53.4 Å². The molecule has 2 aromatic rings. The summed E-state index contributed by atoms with van der Waals surface area (Å²) in [5, 5.41) is 21.2. The Morgan fingerprint density at radius 1 is 1.32 bits per heavy atom. The van der Waals surface area contributed by atoms with E-state index < -0.39 is 18.2 Å². The molecule has 1 atom stereocenters. The molecule has 1 aromatic carbocycles. The van der Waals surface area contributed by atoms with Crippen molar-refractivity contribution in [2.75, 3.05) is 13.6 Å². The molecule has 6 nitrogen and oxygen atoms in total. The van der Waals surface area contributed by atoms with Gasteiger partial charge in [-0.05, 0) is 19.5 Å². The second-order valence-corrected chi connectivity index (χ2v) is 5.36. The maximum absolute atomic E-state index is 10.6. The van der Waals surface area contributed by atoms with Crippen LogP contribution < -0.4 is 0 Å². The highest BCUT2D eigenvalue weighted by atomic mass is 19.4. The molecule has 0 amide bonds. The zero-order chi connectivity index (χ0) is 19.0. The van der Waals surface area contributed by atoms with Crippen molar-refractivity contribution < 1.29 is 32.7 Å². The Hall–Kier alpha value is -2.39. The molecule has 1 heterocycles. The van der Waals surface area contributed by atoms with Gasteiger partial charge in [-0.15, -0.1) is 0 Å². The van der Waals surface area contributed by atoms with Gasteiger partial charge in [-0.1, -0.05) is 35.5 Å². The van der Waals surface area contributed by atoms with Gasteiger partial charge >= 0.3 is 12.1 Å². The predicted molar refractivity (Wildman–Crippen MR) is 82.7 cm³/mol. The highest BCUT2D eigenvalue weighted by Crippen LogP contribution is 2.14. The molecule has 2 N–H and O–H groups in total. The Kier molecular flexibility index (Phi) is 7.59. The third-order valence-corrected chi connectivity index (χ3v) is 3.02. The lowest BCUT2D eigenvalue weighted by atomic mass is 10.1. The zero-order valence-electron chi connectivity index (χ0n) is 13.7. The summed E-state index contributed by atoms with van der Waals surface area (Å²) in [7, 11) is 1.95. The minimum atomic E-state index is -5.08. The lowest BCUT2D eigenvalue weighted by molar-refractivity contribution is -0.192. The zero-order valence-corrected chi connectivity index (χ0v) is 13.7. The van der Waals surface area contributed by atoms with E-state index in [0.717, 1.165) is 17.0 Å². The van der Waals surface area contributed by atoms with Gasteiger partial charge in [0.25, 0.3) is 0 Å². The summed E-state index contributed by atoms with van der Waals surface area (Å²) in [6.07, 6.45) is -5.57. The van der Waals surface area contributed by atoms with Crippen LogP contribution in [0.2, 0.25) is 0 Å². The highest BCUT2D eigenvalue weighted by molar-refractivity contribution is 5.73. The first-order valence-corrected chi connectivity index (χ1v) is 7.23. The number of carbonyl (C=O) groups is 1. The van der Waals surface area contributed by atoms with E-state index in [9.17, 15) is 18.3 Å². The van der Waals surface area contributed by atoms with Crippen LogP contribution in [0.15, 0.2) is 40.9 Å². The van der Waals surface area contributed by atoms with Crippen molar-refractivity contribution in [2.45, 2.75) is 25.7 Å². The number of nitrogens with zero attached hydrogens (tertiary/aromatic N) is 2. The number of hydrogen-bond acceptors (Lipinski definition) is 5. The Balaban J connectivity index is 0.000000381. The number of benzene rings is 1. The van der Waals surface area contributed by atoms with Gasteiger partial charge < -0.3 is 14.7 Å². The lowest BCUT2D eigenvalue weighted by Crippen LogP contribution is -2.24. The third kappa shape index (κ3) is 7.81. The SMILES string of the molecule is Cc1cc(CN(C)CC(O)c2ccccc2)no1.O=C(O)C(F)(F)F. The van der Waals surface area contributed by atoms with Crippen LogP contribution in [0.5, 0.6) is 0 Å². The van der Waals surface area contributed by atoms with E-state index in [0.29, 0.717) is 13.1 Å². The van der Waals surface area contributed by atoms with Gasteiger partial charge in [0.2, 0.25) is 0 Å². The number of halogens is 3. The van der Waals surface area contributed by atoms with Crippen molar-refractivity contribution in [3.8, 4) is 0 Å². The van der Waals surface area contributed by atoms with Crippen LogP contribution in [0, 0.1) is 6.92 Å².